The third-order valence-corrected chi connectivity index (χ3v) is 3.87. The Hall–Kier alpha value is -0.400. The summed E-state index contributed by atoms with van der Waals surface area (Å²) < 4.78 is 0. The molecule has 0 N–H and O–H groups in total. The van der Waals surface area contributed by atoms with Gasteiger partial charge in [-0.2, -0.15) is 34.7 Å². The summed E-state index contributed by atoms with van der Waals surface area (Å²) in [7, 11) is 0. The first-order valence-electron chi connectivity index (χ1n) is 9.06. The molecule has 0 radical (unpaired) electrons. The first kappa shape index (κ1) is 27.6. The van der Waals surface area contributed by atoms with E-state index in [4.69, 9.17) is 0 Å². The van der Waals surface area contributed by atoms with Crippen LogP contribution in [-0.2, 0) is 23.3 Å². The molecule has 0 aromatic heterocycles. The van der Waals surface area contributed by atoms with Crippen LogP contribution in [0.2, 0.25) is 13.1 Å². The van der Waals surface area contributed by atoms with E-state index in [9.17, 15) is 0 Å². The maximum atomic E-state index is 3.42. The molecule has 148 valence electrons. The molecule has 4 rings (SSSR count). The van der Waals surface area contributed by atoms with Gasteiger partial charge in [0.25, 0.3) is 0 Å². The van der Waals surface area contributed by atoms with Gasteiger partial charge in [-0.25, -0.2) is 0 Å². The van der Waals surface area contributed by atoms with E-state index in [-0.39, 0.29) is 41.1 Å². The van der Waals surface area contributed by atoms with Crippen molar-refractivity contribution in [1.82, 2.24) is 0 Å². The number of rotatable bonds is 0. The van der Waals surface area contributed by atoms with Crippen molar-refractivity contribution in [3.05, 3.63) is 69.4 Å². The second kappa shape index (κ2) is 11.7. The predicted octanol–water partition coefficient (Wildman–Crippen LogP) is -2.88. The third-order valence-electron chi connectivity index (χ3n) is 3.87. The van der Waals surface area contributed by atoms with Crippen LogP contribution >= 0.6 is 0 Å². The van der Waals surface area contributed by atoms with Crippen LogP contribution in [0.5, 0.6) is 0 Å². The number of benzene rings is 2. The molecule has 28 heavy (non-hydrogen) atoms. The van der Waals surface area contributed by atoms with E-state index in [0.717, 1.165) is 0 Å². The summed E-state index contributed by atoms with van der Waals surface area (Å²) in [6.45, 7) is 13.3. The standard InChI is InChI=1S/2C11H11.C2H6Si.2ClH.Zr/c2*1-11(2)7-9-5-3-4-6-10(9)8-11;1-3-2;;;/h2*3-7H,1-2H3;1-2H3;2*1H;/q2*-1;;;;+2/p-2. The minimum atomic E-state index is 0. The quantitative estimate of drug-likeness (QED) is 0.266. The van der Waals surface area contributed by atoms with Crippen molar-refractivity contribution in [1.29, 1.82) is 0 Å². The summed E-state index contributed by atoms with van der Waals surface area (Å²) in [4.78, 5) is 0. The molecule has 0 spiro atoms. The maximum absolute atomic E-state index is 3.42. The van der Waals surface area contributed by atoms with Gasteiger partial charge in [0.1, 0.15) is 0 Å². The normalized spacial score (nSPS) is 15.4. The summed E-state index contributed by atoms with van der Waals surface area (Å²) >= 11 is 1.74. The van der Waals surface area contributed by atoms with E-state index in [1.165, 1.54) is 20.9 Å². The molecule has 2 aliphatic rings. The van der Waals surface area contributed by atoms with E-state index in [2.05, 4.69) is 114 Å². The van der Waals surface area contributed by atoms with Gasteiger partial charge < -0.3 is 24.8 Å². The van der Waals surface area contributed by atoms with Crippen molar-refractivity contribution >= 4 is 29.7 Å². The number of hydrogen-bond acceptors (Lipinski definition) is 0. The zero-order valence-corrected chi connectivity index (χ0v) is 22.5. The Labute approximate surface area is 197 Å². The van der Waals surface area contributed by atoms with Crippen molar-refractivity contribution < 1.29 is 48.1 Å². The van der Waals surface area contributed by atoms with Crippen LogP contribution in [0.4, 0.5) is 0 Å². The fourth-order valence-corrected chi connectivity index (χ4v) is 3.02. The molecule has 0 saturated carbocycles. The van der Waals surface area contributed by atoms with Crippen LogP contribution in [0.1, 0.15) is 27.7 Å². The fraction of sp³-hybridized carbons (Fsp3) is 0.333. The Balaban J connectivity index is 0.000000415. The van der Waals surface area contributed by atoms with Gasteiger partial charge in [0.15, 0.2) is 0 Å². The largest absolute Gasteiger partial charge is 1.00 e. The first-order chi connectivity index (χ1) is 12.1. The van der Waals surface area contributed by atoms with Crippen LogP contribution in [0.25, 0.3) is 24.3 Å². The Morgan fingerprint density at radius 3 is 1.25 bits per heavy atom. The van der Waals surface area contributed by atoms with E-state index < -0.39 is 0 Å². The Morgan fingerprint density at radius 2 is 0.964 bits per heavy atom. The number of halogens is 2. The molecule has 0 heterocycles. The molecule has 0 unspecified atom stereocenters. The second-order valence-corrected chi connectivity index (χ2v) is 17.5. The fourth-order valence-electron chi connectivity index (χ4n) is 3.02. The van der Waals surface area contributed by atoms with Gasteiger partial charge in [-0.15, -0.1) is 46.9 Å². The van der Waals surface area contributed by atoms with Gasteiger partial charge in [0.2, 0.25) is 0 Å². The molecule has 0 bridgehead atoms. The summed E-state index contributed by atoms with van der Waals surface area (Å²) in [5.41, 5.74) is 0.468. The van der Waals surface area contributed by atoms with Crippen LogP contribution in [-0.4, -0.2) is 5.43 Å². The van der Waals surface area contributed by atoms with Crippen LogP contribution < -0.4 is 45.7 Å². The van der Waals surface area contributed by atoms with Gasteiger partial charge in [-0.1, -0.05) is 50.7 Å². The van der Waals surface area contributed by atoms with E-state index in [1.807, 2.05) is 0 Å². The smallest absolute Gasteiger partial charge is 1.00 e. The Bertz CT molecular complexity index is 879. The minimum Gasteiger partial charge on any atom is -1.00 e. The monoisotopic (exact) mass is 504 g/mol. The molecule has 0 nitrogen and oxygen atoms in total. The molecule has 0 saturated heterocycles. The number of fused-ring (bicyclic) bond motifs is 2. The molecule has 4 heteroatoms. The predicted molar refractivity (Wildman–Crippen MR) is 112 cm³/mol. The zero-order valence-electron chi connectivity index (χ0n) is 17.5. The summed E-state index contributed by atoms with van der Waals surface area (Å²) in [6.07, 6.45) is 11.3. The van der Waals surface area contributed by atoms with Crippen molar-refractivity contribution in [2.45, 2.75) is 40.8 Å². The van der Waals surface area contributed by atoms with Crippen LogP contribution in [0.15, 0.2) is 48.5 Å². The molecule has 2 aliphatic carbocycles. The topological polar surface area (TPSA) is 0 Å². The van der Waals surface area contributed by atoms with Gasteiger partial charge in [0.05, 0.1) is 0 Å². The SMILES string of the molecule is CC1(C)[C-]=c2ccccc2=C1.CC1(C)[C-]=c2ccccc2=C1.C[Si](C)=[Zr+2].[Cl-].[Cl-]. The number of hydrogen-bond donors (Lipinski definition) is 0. The van der Waals surface area contributed by atoms with Gasteiger partial charge in [-0.05, 0) is 0 Å². The third kappa shape index (κ3) is 8.95. The van der Waals surface area contributed by atoms with E-state index >= 15 is 0 Å². The molecule has 2 aromatic carbocycles. The average molecular weight is 507 g/mol. The van der Waals surface area contributed by atoms with Crippen molar-refractivity contribution in [3.63, 3.8) is 0 Å². The minimum absolute atomic E-state index is 0. The average Bonchev–Trinajstić information content (AvgIpc) is 2.99. The first-order valence-corrected chi connectivity index (χ1v) is 15.2. The van der Waals surface area contributed by atoms with Gasteiger partial charge in [0, 0.05) is 0 Å². The molecule has 0 aliphatic heterocycles. The van der Waals surface area contributed by atoms with E-state index in [0.29, 0.717) is 0 Å². The summed E-state index contributed by atoms with van der Waals surface area (Å²) in [6, 6.07) is 16.7. The van der Waals surface area contributed by atoms with Crippen molar-refractivity contribution in [3.8, 4) is 0 Å². The van der Waals surface area contributed by atoms with Crippen molar-refractivity contribution in [2.24, 2.45) is 10.8 Å². The summed E-state index contributed by atoms with van der Waals surface area (Å²) in [5.74, 6) is 0. The van der Waals surface area contributed by atoms with Crippen molar-refractivity contribution in [2.75, 3.05) is 0 Å². The molecule has 0 amide bonds. The summed E-state index contributed by atoms with van der Waals surface area (Å²) in [5, 5.41) is 5.13. The molecule has 2 aromatic rings. The van der Waals surface area contributed by atoms with Gasteiger partial charge in [-0.3, -0.25) is 0 Å². The molecular weight excluding hydrogens is 478 g/mol. The second-order valence-electron chi connectivity index (χ2n) is 8.16. The van der Waals surface area contributed by atoms with Crippen LogP contribution in [0.3, 0.4) is 0 Å². The molecule has 0 atom stereocenters. The maximum Gasteiger partial charge on any atom is -1.00 e. The molecule has 0 fully saturated rings. The molecular formula is C24H28Cl2SiZr-2. The van der Waals surface area contributed by atoms with Crippen LogP contribution in [0, 0.1) is 10.8 Å². The Kier molecular flexibility index (Phi) is 11.5. The zero-order chi connectivity index (χ0) is 19.4. The van der Waals surface area contributed by atoms with Gasteiger partial charge >= 0.3 is 41.9 Å². The Morgan fingerprint density at radius 1 is 0.679 bits per heavy atom. The van der Waals surface area contributed by atoms with E-state index in [1.54, 1.807) is 23.3 Å².